The first-order chi connectivity index (χ1) is 7.75. The molecule has 16 heavy (non-hydrogen) atoms. The Morgan fingerprint density at radius 3 is 2.62 bits per heavy atom. The number of aryl methyl sites for hydroxylation is 1. The average molecular weight is 233 g/mol. The molecule has 2 rings (SSSR count). The van der Waals surface area contributed by atoms with E-state index in [0.717, 1.165) is 12.2 Å². The molecule has 1 heterocycles. The Kier molecular flexibility index (Phi) is 3.42. The number of nitrogens with zero attached hydrogens (tertiary/aromatic N) is 1. The quantitative estimate of drug-likeness (QED) is 0.874. The van der Waals surface area contributed by atoms with Crippen molar-refractivity contribution in [2.45, 2.75) is 13.5 Å². The number of benzene rings is 1. The summed E-state index contributed by atoms with van der Waals surface area (Å²) >= 11 is 6.01. The topological polar surface area (TPSA) is 24.9 Å². The van der Waals surface area contributed by atoms with Crippen LogP contribution in [0.15, 0.2) is 42.7 Å². The second-order valence-corrected chi connectivity index (χ2v) is 4.10. The molecule has 82 valence electrons. The molecule has 2 aromatic rings. The molecule has 3 heteroatoms. The standard InChI is InChI=1S/C13H13ClN2/c1-10-2-4-11(5-3-10)8-16-13-9-15-7-6-12(13)14/h2-7,9,16H,8H2,1H3. The summed E-state index contributed by atoms with van der Waals surface area (Å²) in [7, 11) is 0. The van der Waals surface area contributed by atoms with E-state index in [4.69, 9.17) is 11.6 Å². The third kappa shape index (κ3) is 2.74. The van der Waals surface area contributed by atoms with E-state index < -0.39 is 0 Å². The molecule has 0 unspecified atom stereocenters. The van der Waals surface area contributed by atoms with Crippen molar-refractivity contribution in [3.05, 3.63) is 58.9 Å². The van der Waals surface area contributed by atoms with E-state index in [1.54, 1.807) is 18.5 Å². The molecule has 0 aliphatic rings. The predicted molar refractivity (Wildman–Crippen MR) is 67.8 cm³/mol. The van der Waals surface area contributed by atoms with Gasteiger partial charge in [0.1, 0.15) is 0 Å². The maximum atomic E-state index is 6.01. The van der Waals surface area contributed by atoms with E-state index in [1.165, 1.54) is 11.1 Å². The molecule has 1 N–H and O–H groups in total. The van der Waals surface area contributed by atoms with Crippen LogP contribution in [0.1, 0.15) is 11.1 Å². The maximum Gasteiger partial charge on any atom is 0.0718 e. The lowest BCUT2D eigenvalue weighted by Crippen LogP contribution is -2.00. The Balaban J connectivity index is 2.02. The number of halogens is 1. The second-order valence-electron chi connectivity index (χ2n) is 3.69. The molecule has 0 fully saturated rings. The van der Waals surface area contributed by atoms with E-state index in [2.05, 4.69) is 41.5 Å². The largest absolute Gasteiger partial charge is 0.379 e. The summed E-state index contributed by atoms with van der Waals surface area (Å²) < 4.78 is 0. The van der Waals surface area contributed by atoms with E-state index >= 15 is 0 Å². The van der Waals surface area contributed by atoms with E-state index in [1.807, 2.05) is 0 Å². The average Bonchev–Trinajstić information content (AvgIpc) is 2.30. The highest BCUT2D eigenvalue weighted by Crippen LogP contribution is 2.19. The fraction of sp³-hybridized carbons (Fsp3) is 0.154. The summed E-state index contributed by atoms with van der Waals surface area (Å²) in [5.74, 6) is 0. The molecule has 0 atom stereocenters. The highest BCUT2D eigenvalue weighted by Gasteiger charge is 1.98. The number of hydrogen-bond donors (Lipinski definition) is 1. The molecule has 1 aromatic carbocycles. The third-order valence-electron chi connectivity index (χ3n) is 2.37. The number of hydrogen-bond acceptors (Lipinski definition) is 2. The Hall–Kier alpha value is -1.54. The lowest BCUT2D eigenvalue weighted by molar-refractivity contribution is 1.13. The molecule has 0 saturated heterocycles. The van der Waals surface area contributed by atoms with Gasteiger partial charge in [-0.1, -0.05) is 41.4 Å². The Bertz CT molecular complexity index is 466. The number of aromatic nitrogens is 1. The van der Waals surface area contributed by atoms with Gasteiger partial charge in [-0.15, -0.1) is 0 Å². The van der Waals surface area contributed by atoms with E-state index in [0.29, 0.717) is 5.02 Å². The molecule has 2 nitrogen and oxygen atoms in total. The van der Waals surface area contributed by atoms with Gasteiger partial charge in [-0.05, 0) is 18.6 Å². The minimum absolute atomic E-state index is 0.696. The zero-order valence-corrected chi connectivity index (χ0v) is 9.83. The molecule has 0 radical (unpaired) electrons. The van der Waals surface area contributed by atoms with Crippen molar-refractivity contribution in [3.8, 4) is 0 Å². The van der Waals surface area contributed by atoms with Gasteiger partial charge in [-0.2, -0.15) is 0 Å². The van der Waals surface area contributed by atoms with Crippen LogP contribution in [-0.4, -0.2) is 4.98 Å². The first kappa shape index (κ1) is 11.0. The minimum Gasteiger partial charge on any atom is -0.379 e. The number of anilines is 1. The third-order valence-corrected chi connectivity index (χ3v) is 2.70. The monoisotopic (exact) mass is 232 g/mol. The fourth-order valence-corrected chi connectivity index (χ4v) is 1.58. The summed E-state index contributed by atoms with van der Waals surface area (Å²) in [4.78, 5) is 4.02. The number of rotatable bonds is 3. The summed E-state index contributed by atoms with van der Waals surface area (Å²) in [6.45, 7) is 2.83. The van der Waals surface area contributed by atoms with Crippen molar-refractivity contribution in [3.63, 3.8) is 0 Å². The zero-order chi connectivity index (χ0) is 11.4. The summed E-state index contributed by atoms with van der Waals surface area (Å²) in [5.41, 5.74) is 3.36. The Labute approximate surface area is 100 Å². The maximum absolute atomic E-state index is 6.01. The molecule has 0 spiro atoms. The molecular formula is C13H13ClN2. The summed E-state index contributed by atoms with van der Waals surface area (Å²) in [6.07, 6.45) is 3.41. The normalized spacial score (nSPS) is 10.1. The van der Waals surface area contributed by atoms with Crippen LogP contribution in [0.4, 0.5) is 5.69 Å². The zero-order valence-electron chi connectivity index (χ0n) is 9.07. The molecule has 1 aromatic heterocycles. The molecular weight excluding hydrogens is 220 g/mol. The van der Waals surface area contributed by atoms with Gasteiger partial charge in [-0.3, -0.25) is 4.98 Å². The van der Waals surface area contributed by atoms with Crippen molar-refractivity contribution in [2.24, 2.45) is 0 Å². The number of nitrogens with one attached hydrogen (secondary N) is 1. The van der Waals surface area contributed by atoms with Crippen LogP contribution in [-0.2, 0) is 6.54 Å². The van der Waals surface area contributed by atoms with E-state index in [9.17, 15) is 0 Å². The van der Waals surface area contributed by atoms with Gasteiger partial charge in [0, 0.05) is 12.7 Å². The van der Waals surface area contributed by atoms with Crippen molar-refractivity contribution in [1.29, 1.82) is 0 Å². The van der Waals surface area contributed by atoms with Gasteiger partial charge in [0.15, 0.2) is 0 Å². The van der Waals surface area contributed by atoms with Gasteiger partial charge >= 0.3 is 0 Å². The minimum atomic E-state index is 0.696. The van der Waals surface area contributed by atoms with Crippen LogP contribution >= 0.6 is 11.6 Å². The lowest BCUT2D eigenvalue weighted by Gasteiger charge is -2.07. The van der Waals surface area contributed by atoms with Crippen molar-refractivity contribution in [2.75, 3.05) is 5.32 Å². The van der Waals surface area contributed by atoms with Crippen molar-refractivity contribution < 1.29 is 0 Å². The molecule has 0 aliphatic carbocycles. The molecule has 0 aliphatic heterocycles. The van der Waals surface area contributed by atoms with Crippen LogP contribution in [0.3, 0.4) is 0 Å². The van der Waals surface area contributed by atoms with Gasteiger partial charge in [-0.25, -0.2) is 0 Å². The SMILES string of the molecule is Cc1ccc(CNc2cnccc2Cl)cc1. The Morgan fingerprint density at radius 1 is 1.19 bits per heavy atom. The first-order valence-corrected chi connectivity index (χ1v) is 5.52. The van der Waals surface area contributed by atoms with Crippen LogP contribution in [0.2, 0.25) is 5.02 Å². The van der Waals surface area contributed by atoms with E-state index in [-0.39, 0.29) is 0 Å². The Morgan fingerprint density at radius 2 is 1.94 bits per heavy atom. The molecule has 0 bridgehead atoms. The van der Waals surface area contributed by atoms with Gasteiger partial charge in [0.2, 0.25) is 0 Å². The van der Waals surface area contributed by atoms with Crippen LogP contribution in [0, 0.1) is 6.92 Å². The molecule has 0 amide bonds. The first-order valence-electron chi connectivity index (χ1n) is 5.14. The second kappa shape index (κ2) is 4.99. The summed E-state index contributed by atoms with van der Waals surface area (Å²) in [5, 5.41) is 3.95. The van der Waals surface area contributed by atoms with Gasteiger partial charge in [0.05, 0.1) is 16.9 Å². The smallest absolute Gasteiger partial charge is 0.0718 e. The van der Waals surface area contributed by atoms with Crippen molar-refractivity contribution in [1.82, 2.24) is 4.98 Å². The van der Waals surface area contributed by atoms with Crippen LogP contribution in [0.25, 0.3) is 0 Å². The van der Waals surface area contributed by atoms with Crippen LogP contribution in [0.5, 0.6) is 0 Å². The molecule has 0 saturated carbocycles. The van der Waals surface area contributed by atoms with Gasteiger partial charge in [0.25, 0.3) is 0 Å². The van der Waals surface area contributed by atoms with Gasteiger partial charge < -0.3 is 5.32 Å². The number of pyridine rings is 1. The highest BCUT2D eigenvalue weighted by atomic mass is 35.5. The predicted octanol–water partition coefficient (Wildman–Crippen LogP) is 3.66. The highest BCUT2D eigenvalue weighted by molar-refractivity contribution is 6.33. The lowest BCUT2D eigenvalue weighted by atomic mass is 10.1. The van der Waals surface area contributed by atoms with Crippen LogP contribution < -0.4 is 5.32 Å². The fourth-order valence-electron chi connectivity index (χ4n) is 1.41. The summed E-state index contributed by atoms with van der Waals surface area (Å²) in [6, 6.07) is 10.2. The van der Waals surface area contributed by atoms with Crippen molar-refractivity contribution >= 4 is 17.3 Å².